The van der Waals surface area contributed by atoms with E-state index in [4.69, 9.17) is 11.6 Å². The monoisotopic (exact) mass is 283 g/mol. The molecule has 1 N–H and O–H groups in total. The molecule has 18 heavy (non-hydrogen) atoms. The summed E-state index contributed by atoms with van der Waals surface area (Å²) in [4.78, 5) is 15.8. The molecular weight excluding hydrogens is 270 g/mol. The Morgan fingerprint density at radius 2 is 2.22 bits per heavy atom. The first-order chi connectivity index (χ1) is 8.72. The third kappa shape index (κ3) is 3.08. The van der Waals surface area contributed by atoms with Crippen LogP contribution in [-0.4, -0.2) is 28.5 Å². The highest BCUT2D eigenvalue weighted by atomic mass is 35.5. The quantitative estimate of drug-likeness (QED) is 0.914. The molecule has 0 radical (unpaired) electrons. The maximum absolute atomic E-state index is 5.89. The van der Waals surface area contributed by atoms with Crippen LogP contribution in [0.4, 0.5) is 11.9 Å². The smallest absolute Gasteiger partial charge is 0.231 e. The summed E-state index contributed by atoms with van der Waals surface area (Å²) in [5.74, 6) is 1.07. The van der Waals surface area contributed by atoms with Gasteiger partial charge < -0.3 is 10.2 Å². The largest absolute Gasteiger partial charge is 0.357 e. The van der Waals surface area contributed by atoms with E-state index in [0.29, 0.717) is 11.9 Å². The summed E-state index contributed by atoms with van der Waals surface area (Å²) in [6, 6.07) is 4.13. The lowest BCUT2D eigenvalue weighted by molar-refractivity contribution is 0.793. The Hall–Kier alpha value is -1.40. The molecule has 0 unspecified atom stereocenters. The number of nitrogens with one attached hydrogen (secondary N) is 1. The molecule has 0 spiro atoms. The van der Waals surface area contributed by atoms with E-state index in [2.05, 4.69) is 43.5 Å². The van der Waals surface area contributed by atoms with Crippen LogP contribution in [0, 0.1) is 0 Å². The molecule has 0 aliphatic rings. The predicted molar refractivity (Wildman–Crippen MR) is 75.4 cm³/mol. The van der Waals surface area contributed by atoms with Crippen molar-refractivity contribution in [3.63, 3.8) is 0 Å². The van der Waals surface area contributed by atoms with E-state index in [1.54, 1.807) is 18.4 Å². The molecule has 2 rings (SSSR count). The first kappa shape index (κ1) is 13.0. The molecule has 0 saturated heterocycles. The molecular formula is C11H14ClN5S. The summed E-state index contributed by atoms with van der Waals surface area (Å²) in [5.41, 5.74) is 0. The van der Waals surface area contributed by atoms with Crippen LogP contribution in [0.1, 0.15) is 11.8 Å². The molecule has 0 atom stereocenters. The van der Waals surface area contributed by atoms with E-state index in [1.807, 2.05) is 6.07 Å². The van der Waals surface area contributed by atoms with Gasteiger partial charge in [-0.3, -0.25) is 0 Å². The number of aromatic nitrogens is 3. The lowest BCUT2D eigenvalue weighted by atomic mass is 10.4. The Bertz CT molecular complexity index is 502. The van der Waals surface area contributed by atoms with Crippen molar-refractivity contribution in [3.8, 4) is 0 Å². The Kier molecular flexibility index (Phi) is 4.33. The van der Waals surface area contributed by atoms with Gasteiger partial charge in [0.15, 0.2) is 0 Å². The van der Waals surface area contributed by atoms with Crippen molar-refractivity contribution in [2.24, 2.45) is 0 Å². The lowest BCUT2D eigenvalue weighted by Crippen LogP contribution is -2.24. The van der Waals surface area contributed by atoms with E-state index in [0.717, 1.165) is 13.1 Å². The molecule has 2 aromatic heterocycles. The van der Waals surface area contributed by atoms with Gasteiger partial charge >= 0.3 is 0 Å². The van der Waals surface area contributed by atoms with E-state index in [-0.39, 0.29) is 5.28 Å². The van der Waals surface area contributed by atoms with Crippen LogP contribution in [-0.2, 0) is 6.54 Å². The summed E-state index contributed by atoms with van der Waals surface area (Å²) in [7, 11) is 1.75. The number of halogens is 1. The number of hydrogen-bond donors (Lipinski definition) is 1. The first-order valence-corrected chi connectivity index (χ1v) is 6.85. The van der Waals surface area contributed by atoms with Gasteiger partial charge in [-0.25, -0.2) is 0 Å². The number of nitrogens with zero attached hydrogens (tertiary/aromatic N) is 4. The van der Waals surface area contributed by atoms with E-state index in [9.17, 15) is 0 Å². The molecule has 0 bridgehead atoms. The average Bonchev–Trinajstić information content (AvgIpc) is 2.88. The second-order valence-electron chi connectivity index (χ2n) is 3.57. The zero-order chi connectivity index (χ0) is 13.0. The molecule has 5 nitrogen and oxygen atoms in total. The van der Waals surface area contributed by atoms with Crippen LogP contribution in [0.25, 0.3) is 0 Å². The molecule has 7 heteroatoms. The molecule has 2 aromatic rings. The minimum atomic E-state index is 0.203. The Morgan fingerprint density at radius 3 is 2.83 bits per heavy atom. The van der Waals surface area contributed by atoms with Crippen LogP contribution in [0.3, 0.4) is 0 Å². The van der Waals surface area contributed by atoms with Gasteiger partial charge in [0.2, 0.25) is 17.2 Å². The Balaban J connectivity index is 2.24. The highest BCUT2D eigenvalue weighted by Gasteiger charge is 2.12. The van der Waals surface area contributed by atoms with Gasteiger partial charge in [-0.15, -0.1) is 11.3 Å². The summed E-state index contributed by atoms with van der Waals surface area (Å²) in [6.07, 6.45) is 0. The highest BCUT2D eigenvalue weighted by molar-refractivity contribution is 7.09. The van der Waals surface area contributed by atoms with Crippen molar-refractivity contribution < 1.29 is 0 Å². The van der Waals surface area contributed by atoms with Crippen LogP contribution in [0.2, 0.25) is 5.28 Å². The number of rotatable bonds is 5. The molecule has 0 amide bonds. The van der Waals surface area contributed by atoms with Crippen LogP contribution >= 0.6 is 22.9 Å². The number of thiophene rings is 1. The van der Waals surface area contributed by atoms with Gasteiger partial charge in [-0.2, -0.15) is 15.0 Å². The average molecular weight is 284 g/mol. The molecule has 0 aliphatic carbocycles. The molecule has 96 valence electrons. The number of anilines is 2. The van der Waals surface area contributed by atoms with Crippen LogP contribution in [0.5, 0.6) is 0 Å². The number of hydrogen-bond acceptors (Lipinski definition) is 6. The van der Waals surface area contributed by atoms with Crippen molar-refractivity contribution in [1.82, 2.24) is 15.0 Å². The second kappa shape index (κ2) is 5.97. The van der Waals surface area contributed by atoms with Crippen molar-refractivity contribution in [3.05, 3.63) is 27.7 Å². The second-order valence-corrected chi connectivity index (χ2v) is 4.94. The first-order valence-electron chi connectivity index (χ1n) is 5.59. The maximum atomic E-state index is 5.89. The fourth-order valence-electron chi connectivity index (χ4n) is 1.51. The summed E-state index contributed by atoms with van der Waals surface area (Å²) in [5, 5.41) is 5.14. The topological polar surface area (TPSA) is 53.9 Å². The van der Waals surface area contributed by atoms with Crippen LogP contribution < -0.4 is 10.2 Å². The summed E-state index contributed by atoms with van der Waals surface area (Å²) < 4.78 is 0. The molecule has 2 heterocycles. The van der Waals surface area contributed by atoms with Crippen molar-refractivity contribution in [1.29, 1.82) is 0 Å². The minimum absolute atomic E-state index is 0.203. The van der Waals surface area contributed by atoms with E-state index >= 15 is 0 Å². The third-order valence-electron chi connectivity index (χ3n) is 2.41. The zero-order valence-electron chi connectivity index (χ0n) is 10.2. The van der Waals surface area contributed by atoms with Gasteiger partial charge in [0.1, 0.15) is 0 Å². The SMILES string of the molecule is CCN(Cc1cccs1)c1nc(Cl)nc(NC)n1. The van der Waals surface area contributed by atoms with Crippen molar-refractivity contribution >= 4 is 34.8 Å². The molecule has 0 aromatic carbocycles. The van der Waals surface area contributed by atoms with Gasteiger partial charge in [-0.05, 0) is 30.0 Å². The fraction of sp³-hybridized carbons (Fsp3) is 0.364. The third-order valence-corrected chi connectivity index (χ3v) is 3.44. The Morgan fingerprint density at radius 1 is 1.39 bits per heavy atom. The van der Waals surface area contributed by atoms with Gasteiger partial charge in [-0.1, -0.05) is 6.07 Å². The van der Waals surface area contributed by atoms with Crippen molar-refractivity contribution in [2.75, 3.05) is 23.8 Å². The van der Waals surface area contributed by atoms with Gasteiger partial charge in [0.05, 0.1) is 6.54 Å². The van der Waals surface area contributed by atoms with E-state index < -0.39 is 0 Å². The zero-order valence-corrected chi connectivity index (χ0v) is 11.8. The normalized spacial score (nSPS) is 10.4. The Labute approximate surface area is 115 Å². The van der Waals surface area contributed by atoms with E-state index in [1.165, 1.54) is 4.88 Å². The fourth-order valence-corrected chi connectivity index (χ4v) is 2.38. The maximum Gasteiger partial charge on any atom is 0.231 e. The predicted octanol–water partition coefficient (Wildman–Crippen LogP) is 2.65. The molecule has 0 aliphatic heterocycles. The highest BCUT2D eigenvalue weighted by Crippen LogP contribution is 2.18. The van der Waals surface area contributed by atoms with Crippen LogP contribution in [0.15, 0.2) is 17.5 Å². The summed E-state index contributed by atoms with van der Waals surface area (Å²) >= 11 is 7.60. The molecule has 0 fully saturated rings. The van der Waals surface area contributed by atoms with Gasteiger partial charge in [0.25, 0.3) is 0 Å². The van der Waals surface area contributed by atoms with Crippen molar-refractivity contribution in [2.45, 2.75) is 13.5 Å². The summed E-state index contributed by atoms with van der Waals surface area (Å²) in [6.45, 7) is 3.64. The lowest BCUT2D eigenvalue weighted by Gasteiger charge is -2.20. The molecule has 0 saturated carbocycles. The minimum Gasteiger partial charge on any atom is -0.357 e. The van der Waals surface area contributed by atoms with Gasteiger partial charge in [0, 0.05) is 18.5 Å². The standard InChI is InChI=1S/C11H14ClN5S/c1-3-17(7-8-5-4-6-18-8)11-15-9(12)14-10(13-2)16-11/h4-6H,3,7H2,1-2H3,(H,13,14,15,16).